The first kappa shape index (κ1) is 15.0. The summed E-state index contributed by atoms with van der Waals surface area (Å²) in [6.45, 7) is 0.672. The van der Waals surface area contributed by atoms with Gasteiger partial charge in [0.05, 0.1) is 5.92 Å². The lowest BCUT2D eigenvalue weighted by Crippen LogP contribution is -2.34. The molecule has 0 unspecified atom stereocenters. The Labute approximate surface area is 142 Å². The van der Waals surface area contributed by atoms with E-state index in [-0.39, 0.29) is 17.7 Å². The summed E-state index contributed by atoms with van der Waals surface area (Å²) in [5.74, 6) is 3.17. The van der Waals surface area contributed by atoms with Gasteiger partial charge in [-0.3, -0.25) is 9.78 Å². The van der Waals surface area contributed by atoms with Crippen LogP contribution in [0.5, 0.6) is 0 Å². The average molecular weight is 316 g/mol. The van der Waals surface area contributed by atoms with Gasteiger partial charge in [-0.25, -0.2) is 0 Å². The number of hydrogen-bond acceptors (Lipinski definition) is 2. The molecule has 24 heavy (non-hydrogen) atoms. The highest BCUT2D eigenvalue weighted by Crippen LogP contribution is 2.42. The van der Waals surface area contributed by atoms with E-state index >= 15 is 0 Å². The lowest BCUT2D eigenvalue weighted by atomic mass is 10.0. The van der Waals surface area contributed by atoms with E-state index in [9.17, 15) is 4.79 Å². The van der Waals surface area contributed by atoms with E-state index in [1.165, 1.54) is 0 Å². The third-order valence-corrected chi connectivity index (χ3v) is 4.87. The summed E-state index contributed by atoms with van der Waals surface area (Å²) in [5.41, 5.74) is 3.39. The van der Waals surface area contributed by atoms with Crippen LogP contribution in [-0.2, 0) is 11.3 Å². The molecule has 0 spiro atoms. The van der Waals surface area contributed by atoms with Crippen molar-refractivity contribution in [3.8, 4) is 23.5 Å². The van der Waals surface area contributed by atoms with Crippen molar-refractivity contribution in [2.75, 3.05) is 0 Å². The Morgan fingerprint density at radius 3 is 2.75 bits per heavy atom. The largest absolute Gasteiger partial charge is 0.335 e. The Bertz CT molecular complexity index is 789. The first-order chi connectivity index (χ1) is 11.8. The molecule has 2 fully saturated rings. The second kappa shape index (κ2) is 6.13. The zero-order chi connectivity index (χ0) is 16.5. The molecule has 0 N–H and O–H groups in total. The Kier molecular flexibility index (Phi) is 3.82. The molecule has 3 heteroatoms. The molecule has 3 nitrogen and oxygen atoms in total. The van der Waals surface area contributed by atoms with Crippen LogP contribution in [0.4, 0.5) is 0 Å². The molecule has 2 saturated carbocycles. The normalized spacial score (nSPS) is 21.8. The van der Waals surface area contributed by atoms with Crippen LogP contribution in [0.1, 0.15) is 24.8 Å². The third-order valence-electron chi connectivity index (χ3n) is 4.87. The van der Waals surface area contributed by atoms with Crippen LogP contribution in [-0.4, -0.2) is 21.8 Å². The molecule has 0 radical (unpaired) electrons. The molecule has 4 rings (SSSR count). The third kappa shape index (κ3) is 3.05. The Balaban J connectivity index is 1.53. The number of nitrogens with zero attached hydrogens (tertiary/aromatic N) is 2. The summed E-state index contributed by atoms with van der Waals surface area (Å²) < 4.78 is 0. The van der Waals surface area contributed by atoms with Gasteiger partial charge in [-0.1, -0.05) is 24.3 Å². The number of carbonyl (C=O) groups is 1. The van der Waals surface area contributed by atoms with Crippen LogP contribution < -0.4 is 0 Å². The van der Waals surface area contributed by atoms with E-state index < -0.39 is 0 Å². The van der Waals surface area contributed by atoms with Gasteiger partial charge in [-0.15, -0.1) is 12.3 Å². The van der Waals surface area contributed by atoms with Crippen LogP contribution in [0.2, 0.25) is 0 Å². The van der Waals surface area contributed by atoms with Gasteiger partial charge in [0.1, 0.15) is 0 Å². The maximum Gasteiger partial charge on any atom is 0.227 e. The van der Waals surface area contributed by atoms with Crippen molar-refractivity contribution in [1.29, 1.82) is 0 Å². The Morgan fingerprint density at radius 1 is 1.25 bits per heavy atom. The predicted molar refractivity (Wildman–Crippen MR) is 93.7 cm³/mol. The zero-order valence-corrected chi connectivity index (χ0v) is 13.6. The highest BCUT2D eigenvalue weighted by molar-refractivity contribution is 5.83. The summed E-state index contributed by atoms with van der Waals surface area (Å²) in [5, 5.41) is 0. The summed E-state index contributed by atoms with van der Waals surface area (Å²) in [6.07, 6.45) is 12.2. The van der Waals surface area contributed by atoms with Gasteiger partial charge < -0.3 is 4.90 Å². The maximum absolute atomic E-state index is 12.7. The first-order valence-corrected chi connectivity index (χ1v) is 8.52. The standard InChI is InChI=1S/C21H20N2O/c1-2-16-12-20(16)21(24)23(19-8-9-19)14-15-5-3-6-17(11-15)18-7-4-10-22-13-18/h1,3-7,10-11,13,16,19-20H,8-9,12,14H2/t16-,20+/m0/s1. The molecule has 0 bridgehead atoms. The number of rotatable bonds is 5. The minimum Gasteiger partial charge on any atom is -0.335 e. The quantitative estimate of drug-likeness (QED) is 0.791. The van der Waals surface area contributed by atoms with Crippen LogP contribution in [0, 0.1) is 24.2 Å². The Morgan fingerprint density at radius 2 is 2.08 bits per heavy atom. The van der Waals surface area contributed by atoms with Crippen LogP contribution in [0.15, 0.2) is 48.8 Å². The van der Waals surface area contributed by atoms with Crippen molar-refractivity contribution in [1.82, 2.24) is 9.88 Å². The van der Waals surface area contributed by atoms with E-state index in [0.717, 1.165) is 36.0 Å². The molecule has 2 aliphatic rings. The molecule has 2 aromatic rings. The molecular weight excluding hydrogens is 296 g/mol. The molecule has 0 saturated heterocycles. The molecule has 1 amide bonds. The average Bonchev–Trinajstić information content (AvgIpc) is 3.54. The second-order valence-corrected chi connectivity index (χ2v) is 6.75. The van der Waals surface area contributed by atoms with Crippen molar-refractivity contribution in [3.63, 3.8) is 0 Å². The van der Waals surface area contributed by atoms with E-state index in [4.69, 9.17) is 6.42 Å². The molecule has 1 aromatic heterocycles. The number of pyridine rings is 1. The summed E-state index contributed by atoms with van der Waals surface area (Å²) in [4.78, 5) is 19.0. The highest BCUT2D eigenvalue weighted by atomic mass is 16.2. The molecule has 120 valence electrons. The van der Waals surface area contributed by atoms with Gasteiger partial charge in [0.25, 0.3) is 0 Å². The SMILES string of the molecule is C#C[C@H]1C[C@H]1C(=O)N(Cc1cccc(-c2cccnc2)c1)C1CC1. The van der Waals surface area contributed by atoms with Crippen molar-refractivity contribution in [3.05, 3.63) is 54.4 Å². The van der Waals surface area contributed by atoms with E-state index in [0.29, 0.717) is 12.6 Å². The van der Waals surface area contributed by atoms with Gasteiger partial charge in [-0.05, 0) is 48.1 Å². The number of amides is 1. The van der Waals surface area contributed by atoms with Crippen molar-refractivity contribution in [2.45, 2.75) is 31.8 Å². The fourth-order valence-corrected chi connectivity index (χ4v) is 3.22. The van der Waals surface area contributed by atoms with E-state index in [2.05, 4.69) is 41.2 Å². The zero-order valence-electron chi connectivity index (χ0n) is 13.6. The summed E-state index contributed by atoms with van der Waals surface area (Å²) in [7, 11) is 0. The minimum absolute atomic E-state index is 0.0529. The monoisotopic (exact) mass is 316 g/mol. The van der Waals surface area contributed by atoms with Crippen molar-refractivity contribution < 1.29 is 4.79 Å². The van der Waals surface area contributed by atoms with Crippen LogP contribution >= 0.6 is 0 Å². The maximum atomic E-state index is 12.7. The van der Waals surface area contributed by atoms with Crippen LogP contribution in [0.25, 0.3) is 11.1 Å². The number of aromatic nitrogens is 1. The topological polar surface area (TPSA) is 33.2 Å². The van der Waals surface area contributed by atoms with Gasteiger partial charge >= 0.3 is 0 Å². The summed E-state index contributed by atoms with van der Waals surface area (Å²) in [6, 6.07) is 12.8. The lowest BCUT2D eigenvalue weighted by Gasteiger charge is -2.23. The smallest absolute Gasteiger partial charge is 0.227 e. The number of carbonyl (C=O) groups excluding carboxylic acids is 1. The van der Waals surface area contributed by atoms with E-state index in [1.807, 2.05) is 17.2 Å². The fraction of sp³-hybridized carbons (Fsp3) is 0.333. The summed E-state index contributed by atoms with van der Waals surface area (Å²) >= 11 is 0. The molecule has 2 atom stereocenters. The number of benzene rings is 1. The molecule has 0 aliphatic heterocycles. The molecule has 1 heterocycles. The second-order valence-electron chi connectivity index (χ2n) is 6.75. The Hall–Kier alpha value is -2.60. The predicted octanol–water partition coefficient (Wildman–Crippen LogP) is 3.51. The highest BCUT2D eigenvalue weighted by Gasteiger charge is 2.46. The van der Waals surface area contributed by atoms with Gasteiger partial charge in [0.2, 0.25) is 5.91 Å². The lowest BCUT2D eigenvalue weighted by molar-refractivity contribution is -0.134. The molecule has 1 aromatic carbocycles. The van der Waals surface area contributed by atoms with Gasteiger partial charge in [0.15, 0.2) is 0 Å². The fourth-order valence-electron chi connectivity index (χ4n) is 3.22. The van der Waals surface area contributed by atoms with Crippen molar-refractivity contribution >= 4 is 5.91 Å². The van der Waals surface area contributed by atoms with Crippen LogP contribution in [0.3, 0.4) is 0 Å². The van der Waals surface area contributed by atoms with E-state index in [1.54, 1.807) is 6.20 Å². The molecular formula is C21H20N2O. The number of hydrogen-bond donors (Lipinski definition) is 0. The minimum atomic E-state index is 0.0529. The molecule has 2 aliphatic carbocycles. The van der Waals surface area contributed by atoms with Gasteiger partial charge in [0, 0.05) is 30.9 Å². The van der Waals surface area contributed by atoms with Gasteiger partial charge in [-0.2, -0.15) is 0 Å². The van der Waals surface area contributed by atoms with Crippen molar-refractivity contribution in [2.24, 2.45) is 11.8 Å². The first-order valence-electron chi connectivity index (χ1n) is 8.52. The number of terminal acetylenes is 1.